The minimum Gasteiger partial charge on any atom is -0.481 e. The fourth-order valence-corrected chi connectivity index (χ4v) is 2.13. The average Bonchev–Trinajstić information content (AvgIpc) is 2.63. The Labute approximate surface area is 105 Å². The van der Waals surface area contributed by atoms with Crippen molar-refractivity contribution in [3.8, 4) is 0 Å². The van der Waals surface area contributed by atoms with Gasteiger partial charge in [-0.25, -0.2) is 0 Å². The highest BCUT2D eigenvalue weighted by molar-refractivity contribution is 5.98. The molecule has 1 heterocycles. The molecule has 4 heteroatoms. The second kappa shape index (κ2) is 4.64. The van der Waals surface area contributed by atoms with Crippen molar-refractivity contribution in [3.05, 3.63) is 35.5 Å². The zero-order valence-electron chi connectivity index (χ0n) is 10.4. The number of nitrogens with zero attached hydrogens (tertiary/aromatic N) is 1. The van der Waals surface area contributed by atoms with Crippen LogP contribution < -0.4 is 0 Å². The summed E-state index contributed by atoms with van der Waals surface area (Å²) in [5.74, 6) is -0.766. The molecule has 18 heavy (non-hydrogen) atoms. The molecule has 0 bridgehead atoms. The second-order valence-corrected chi connectivity index (χ2v) is 4.45. The predicted octanol–water partition coefficient (Wildman–Crippen LogP) is 2.40. The van der Waals surface area contributed by atoms with Gasteiger partial charge in [0.05, 0.1) is 0 Å². The third-order valence-electron chi connectivity index (χ3n) is 3.09. The molecule has 0 aliphatic heterocycles. The second-order valence-electron chi connectivity index (χ2n) is 4.45. The number of aromatic nitrogens is 1. The van der Waals surface area contributed by atoms with Crippen LogP contribution in [0.2, 0.25) is 0 Å². The summed E-state index contributed by atoms with van der Waals surface area (Å²) in [5.41, 5.74) is 2.64. The van der Waals surface area contributed by atoms with Crippen molar-refractivity contribution in [2.75, 3.05) is 0 Å². The van der Waals surface area contributed by atoms with Crippen LogP contribution in [0.25, 0.3) is 10.9 Å². The van der Waals surface area contributed by atoms with Crippen molar-refractivity contribution in [2.45, 2.75) is 19.8 Å². The molecule has 0 aliphatic carbocycles. The van der Waals surface area contributed by atoms with Crippen molar-refractivity contribution < 1.29 is 14.7 Å². The van der Waals surface area contributed by atoms with E-state index in [9.17, 15) is 9.59 Å². The van der Waals surface area contributed by atoms with Gasteiger partial charge in [-0.3, -0.25) is 9.59 Å². The fraction of sp³-hybridized carbons (Fsp3) is 0.286. The zero-order chi connectivity index (χ0) is 13.3. The number of rotatable bonds is 4. The van der Waals surface area contributed by atoms with Crippen molar-refractivity contribution in [2.24, 2.45) is 7.05 Å². The van der Waals surface area contributed by atoms with E-state index in [4.69, 9.17) is 5.11 Å². The van der Waals surface area contributed by atoms with Crippen LogP contribution in [-0.4, -0.2) is 21.4 Å². The lowest BCUT2D eigenvalue weighted by molar-refractivity contribution is -0.136. The highest BCUT2D eigenvalue weighted by atomic mass is 16.4. The van der Waals surface area contributed by atoms with Crippen LogP contribution in [0.15, 0.2) is 24.4 Å². The molecule has 0 saturated heterocycles. The summed E-state index contributed by atoms with van der Waals surface area (Å²) >= 11 is 0. The molecule has 0 radical (unpaired) electrons. The molecule has 1 aromatic carbocycles. The first-order chi connectivity index (χ1) is 8.49. The van der Waals surface area contributed by atoms with Gasteiger partial charge in [-0.1, -0.05) is 12.1 Å². The van der Waals surface area contributed by atoms with Gasteiger partial charge in [0.15, 0.2) is 5.78 Å². The summed E-state index contributed by atoms with van der Waals surface area (Å²) < 4.78 is 1.93. The van der Waals surface area contributed by atoms with Crippen LogP contribution in [0, 0.1) is 0 Å². The molecule has 0 saturated carbocycles. The van der Waals surface area contributed by atoms with E-state index in [-0.39, 0.29) is 12.2 Å². The number of benzene rings is 1. The zero-order valence-corrected chi connectivity index (χ0v) is 10.4. The summed E-state index contributed by atoms with van der Waals surface area (Å²) in [6, 6.07) is 5.53. The number of ketones is 1. The van der Waals surface area contributed by atoms with E-state index in [1.165, 1.54) is 6.92 Å². The van der Waals surface area contributed by atoms with E-state index in [0.29, 0.717) is 12.0 Å². The molecule has 1 N–H and O–H groups in total. The van der Waals surface area contributed by atoms with Gasteiger partial charge < -0.3 is 9.67 Å². The Morgan fingerprint density at radius 3 is 2.67 bits per heavy atom. The molecule has 4 nitrogen and oxygen atoms in total. The van der Waals surface area contributed by atoms with Crippen LogP contribution in [0.5, 0.6) is 0 Å². The number of Topliss-reactive ketones (excluding diaryl/α,β-unsaturated/α-hetero) is 1. The van der Waals surface area contributed by atoms with Crippen LogP contribution in [0.4, 0.5) is 0 Å². The standard InChI is InChI=1S/C14H15NO3/c1-9(16)10-3-5-12-11(4-6-14(17)18)8-15(2)13(12)7-10/h3,5,7-8H,4,6H2,1-2H3,(H,17,18). The summed E-state index contributed by atoms with van der Waals surface area (Å²) in [5, 5.41) is 9.74. The van der Waals surface area contributed by atoms with E-state index in [1.54, 1.807) is 6.07 Å². The van der Waals surface area contributed by atoms with Crippen LogP contribution in [0.1, 0.15) is 29.3 Å². The van der Waals surface area contributed by atoms with Gasteiger partial charge in [0.2, 0.25) is 0 Å². The Kier molecular flexibility index (Phi) is 3.19. The first kappa shape index (κ1) is 12.4. The molecule has 1 aromatic heterocycles. The van der Waals surface area contributed by atoms with Crippen LogP contribution in [0.3, 0.4) is 0 Å². The topological polar surface area (TPSA) is 59.3 Å². The van der Waals surface area contributed by atoms with Crippen molar-refractivity contribution in [1.82, 2.24) is 4.57 Å². The number of aliphatic carboxylic acids is 1. The van der Waals surface area contributed by atoms with E-state index >= 15 is 0 Å². The number of carbonyl (C=O) groups is 2. The molecule has 0 amide bonds. The average molecular weight is 245 g/mol. The molecular formula is C14H15NO3. The Morgan fingerprint density at radius 2 is 2.06 bits per heavy atom. The smallest absolute Gasteiger partial charge is 0.303 e. The lowest BCUT2D eigenvalue weighted by Gasteiger charge is -2.00. The number of hydrogen-bond donors (Lipinski definition) is 1. The first-order valence-corrected chi connectivity index (χ1v) is 5.79. The molecular weight excluding hydrogens is 230 g/mol. The van der Waals surface area contributed by atoms with E-state index in [0.717, 1.165) is 16.5 Å². The number of hydrogen-bond acceptors (Lipinski definition) is 2. The van der Waals surface area contributed by atoms with Gasteiger partial charge in [-0.2, -0.15) is 0 Å². The quantitative estimate of drug-likeness (QED) is 0.841. The Morgan fingerprint density at radius 1 is 1.33 bits per heavy atom. The molecule has 94 valence electrons. The van der Waals surface area contributed by atoms with Crippen molar-refractivity contribution >= 4 is 22.7 Å². The molecule has 0 spiro atoms. The number of carboxylic acids is 1. The molecule has 0 aliphatic rings. The highest BCUT2D eigenvalue weighted by Crippen LogP contribution is 2.23. The van der Waals surface area contributed by atoms with E-state index in [2.05, 4.69) is 0 Å². The summed E-state index contributed by atoms with van der Waals surface area (Å²) in [7, 11) is 1.90. The molecule has 2 aromatic rings. The lowest BCUT2D eigenvalue weighted by Crippen LogP contribution is -1.96. The number of aryl methyl sites for hydroxylation is 2. The monoisotopic (exact) mass is 245 g/mol. The number of carbonyl (C=O) groups excluding carboxylic acids is 1. The van der Waals surface area contributed by atoms with Gasteiger partial charge in [-0.05, 0) is 25.0 Å². The predicted molar refractivity (Wildman–Crippen MR) is 68.9 cm³/mol. The molecule has 2 rings (SSSR count). The number of fused-ring (bicyclic) bond motifs is 1. The van der Waals surface area contributed by atoms with Gasteiger partial charge in [-0.15, -0.1) is 0 Å². The van der Waals surface area contributed by atoms with Crippen LogP contribution in [-0.2, 0) is 18.3 Å². The SMILES string of the molecule is CC(=O)c1ccc2c(CCC(=O)O)cn(C)c2c1. The van der Waals surface area contributed by atoms with Crippen LogP contribution >= 0.6 is 0 Å². The maximum absolute atomic E-state index is 11.3. The molecule has 0 fully saturated rings. The largest absolute Gasteiger partial charge is 0.481 e. The van der Waals surface area contributed by atoms with Crippen molar-refractivity contribution in [1.29, 1.82) is 0 Å². The third-order valence-corrected chi connectivity index (χ3v) is 3.09. The third kappa shape index (κ3) is 2.27. The minimum absolute atomic E-state index is 0.0326. The number of carboxylic acid groups (broad SMARTS) is 1. The van der Waals surface area contributed by atoms with Gasteiger partial charge in [0.1, 0.15) is 0 Å². The van der Waals surface area contributed by atoms with E-state index in [1.807, 2.05) is 29.9 Å². The van der Waals surface area contributed by atoms with Gasteiger partial charge in [0, 0.05) is 36.1 Å². The normalized spacial score (nSPS) is 10.8. The Balaban J connectivity index is 2.45. The maximum Gasteiger partial charge on any atom is 0.303 e. The van der Waals surface area contributed by atoms with E-state index < -0.39 is 5.97 Å². The lowest BCUT2D eigenvalue weighted by atomic mass is 10.1. The maximum atomic E-state index is 11.3. The van der Waals surface area contributed by atoms with Gasteiger partial charge in [0.25, 0.3) is 0 Å². The summed E-state index contributed by atoms with van der Waals surface area (Å²) in [6.07, 6.45) is 2.55. The highest BCUT2D eigenvalue weighted by Gasteiger charge is 2.10. The van der Waals surface area contributed by atoms with Gasteiger partial charge >= 0.3 is 5.97 Å². The Hall–Kier alpha value is -2.10. The van der Waals surface area contributed by atoms with Crippen molar-refractivity contribution in [3.63, 3.8) is 0 Å². The minimum atomic E-state index is -0.799. The molecule has 0 atom stereocenters. The molecule has 0 unspecified atom stereocenters. The summed E-state index contributed by atoms with van der Waals surface area (Å²) in [4.78, 5) is 21.9. The summed E-state index contributed by atoms with van der Waals surface area (Å²) in [6.45, 7) is 1.54. The first-order valence-electron chi connectivity index (χ1n) is 5.79. The fourth-order valence-electron chi connectivity index (χ4n) is 2.13. The Bertz CT molecular complexity index is 625.